The summed E-state index contributed by atoms with van der Waals surface area (Å²) in [6, 6.07) is 2.70. The van der Waals surface area contributed by atoms with E-state index in [1.807, 2.05) is 0 Å². The van der Waals surface area contributed by atoms with Gasteiger partial charge >= 0.3 is 5.82 Å². The molecule has 6 nitrogen and oxygen atoms in total. The lowest BCUT2D eigenvalue weighted by Gasteiger charge is -2.10. The lowest BCUT2D eigenvalue weighted by atomic mass is 10.1. The van der Waals surface area contributed by atoms with Gasteiger partial charge < -0.3 is 15.4 Å². The Labute approximate surface area is 106 Å². The first-order valence-corrected chi connectivity index (χ1v) is 6.36. The van der Waals surface area contributed by atoms with Crippen molar-refractivity contribution in [3.05, 3.63) is 27.9 Å². The number of H-pyrrole nitrogens is 1. The second-order valence-electron chi connectivity index (χ2n) is 4.33. The number of carbonyl (C=O) groups excluding carboxylic acids is 1. The van der Waals surface area contributed by atoms with Gasteiger partial charge in [0.1, 0.15) is 0 Å². The Balaban J connectivity index is 1.93. The molecule has 0 saturated heterocycles. The van der Waals surface area contributed by atoms with Crippen molar-refractivity contribution >= 4 is 27.7 Å². The maximum atomic E-state index is 11.7. The number of carbonyl (C=O) groups is 1. The molecule has 0 bridgehead atoms. The van der Waals surface area contributed by atoms with Crippen molar-refractivity contribution in [3.63, 3.8) is 0 Å². The highest BCUT2D eigenvalue weighted by atomic mass is 79.9. The topological polar surface area (TPSA) is 88.0 Å². The molecule has 92 valence electrons. The molecule has 7 heteroatoms. The summed E-state index contributed by atoms with van der Waals surface area (Å²) in [6.45, 7) is 0.601. The summed E-state index contributed by atoms with van der Waals surface area (Å²) in [7, 11) is 0. The second-order valence-corrected chi connectivity index (χ2v) is 4.89. The van der Waals surface area contributed by atoms with Crippen LogP contribution in [-0.2, 0) is 0 Å². The van der Waals surface area contributed by atoms with Crippen LogP contribution in [-0.4, -0.2) is 27.7 Å². The summed E-state index contributed by atoms with van der Waals surface area (Å²) in [5, 5.41) is 14.1. The van der Waals surface area contributed by atoms with E-state index in [1.54, 1.807) is 0 Å². The minimum atomic E-state index is -0.558. The van der Waals surface area contributed by atoms with Crippen LogP contribution < -0.4 is 5.32 Å². The van der Waals surface area contributed by atoms with Gasteiger partial charge in [-0.2, -0.15) is 0 Å². The number of alkyl halides is 1. The van der Waals surface area contributed by atoms with Crippen LogP contribution >= 0.6 is 15.9 Å². The Bertz CT molecular complexity index is 453. The van der Waals surface area contributed by atoms with Crippen LogP contribution in [0.5, 0.6) is 0 Å². The number of nitro groups is 1. The largest absolute Gasteiger partial charge is 0.358 e. The third kappa shape index (κ3) is 2.66. The number of amides is 1. The molecule has 1 aromatic heterocycles. The van der Waals surface area contributed by atoms with Gasteiger partial charge in [-0.15, -0.1) is 0 Å². The molecule has 1 aliphatic rings. The monoisotopic (exact) mass is 301 g/mol. The smallest absolute Gasteiger partial charge is 0.321 e. The normalized spacial score (nSPS) is 16.5. The molecule has 17 heavy (non-hydrogen) atoms. The fourth-order valence-corrected chi connectivity index (χ4v) is 2.28. The fourth-order valence-electron chi connectivity index (χ4n) is 1.52. The number of nitrogens with zero attached hydrogens (tertiary/aromatic N) is 1. The first-order chi connectivity index (χ1) is 8.06. The zero-order valence-corrected chi connectivity index (χ0v) is 10.6. The van der Waals surface area contributed by atoms with E-state index in [0.29, 0.717) is 6.54 Å². The summed E-state index contributed by atoms with van der Waals surface area (Å²) >= 11 is 3.41. The van der Waals surface area contributed by atoms with Crippen molar-refractivity contribution in [1.82, 2.24) is 10.3 Å². The van der Waals surface area contributed by atoms with Gasteiger partial charge in [-0.25, -0.2) is 4.98 Å². The van der Waals surface area contributed by atoms with Crippen molar-refractivity contribution in [3.8, 4) is 0 Å². The predicted octanol–water partition coefficient (Wildman–Crippen LogP) is 1.83. The molecular formula is C10H12BrN3O3. The Kier molecular flexibility index (Phi) is 3.19. The lowest BCUT2D eigenvalue weighted by molar-refractivity contribution is -0.389. The number of hydrogen-bond donors (Lipinski definition) is 2. The van der Waals surface area contributed by atoms with Crippen molar-refractivity contribution in [1.29, 1.82) is 0 Å². The molecule has 1 amide bonds. The maximum Gasteiger partial charge on any atom is 0.321 e. The molecule has 0 unspecified atom stereocenters. The predicted molar refractivity (Wildman–Crippen MR) is 65.2 cm³/mol. The molecule has 0 aliphatic heterocycles. The van der Waals surface area contributed by atoms with E-state index in [4.69, 9.17) is 0 Å². The van der Waals surface area contributed by atoms with Crippen LogP contribution in [0.25, 0.3) is 0 Å². The number of nitrogens with one attached hydrogen (secondary N) is 2. The summed E-state index contributed by atoms with van der Waals surface area (Å²) in [4.78, 5) is 24.0. The molecule has 0 radical (unpaired) electrons. The third-order valence-electron chi connectivity index (χ3n) is 2.98. The highest BCUT2D eigenvalue weighted by Crippen LogP contribution is 2.46. The van der Waals surface area contributed by atoms with E-state index in [1.165, 1.54) is 12.1 Å². The maximum absolute atomic E-state index is 11.7. The zero-order valence-electron chi connectivity index (χ0n) is 9.03. The van der Waals surface area contributed by atoms with E-state index >= 15 is 0 Å². The molecule has 0 aromatic carbocycles. The van der Waals surface area contributed by atoms with Gasteiger partial charge in [0.25, 0.3) is 5.91 Å². The van der Waals surface area contributed by atoms with Gasteiger partial charge in [0.15, 0.2) is 5.69 Å². The van der Waals surface area contributed by atoms with Gasteiger partial charge in [-0.05, 0) is 29.2 Å². The standard InChI is InChI=1S/C10H12BrN3O3/c11-5-10(3-4-10)6-12-9(15)7-1-2-8(13-7)14(16)17/h1-2,13H,3-6H2,(H,12,15). The number of rotatable bonds is 5. The SMILES string of the molecule is O=C(NCC1(CBr)CC1)c1ccc([N+](=O)[O-])[nH]1. The Morgan fingerprint density at radius 1 is 1.59 bits per heavy atom. The summed E-state index contributed by atoms with van der Waals surface area (Å²) in [6.07, 6.45) is 2.20. The molecule has 2 rings (SSSR count). The third-order valence-corrected chi connectivity index (χ3v) is 4.17. The van der Waals surface area contributed by atoms with Crippen molar-refractivity contribution in [2.24, 2.45) is 5.41 Å². The van der Waals surface area contributed by atoms with Crippen LogP contribution in [0.2, 0.25) is 0 Å². The summed E-state index contributed by atoms with van der Waals surface area (Å²) in [5.74, 6) is -0.470. The van der Waals surface area contributed by atoms with Crippen molar-refractivity contribution in [2.45, 2.75) is 12.8 Å². The Hall–Kier alpha value is -1.37. The second kappa shape index (κ2) is 4.48. The van der Waals surface area contributed by atoms with Crippen molar-refractivity contribution in [2.75, 3.05) is 11.9 Å². The molecule has 1 heterocycles. The first-order valence-electron chi connectivity index (χ1n) is 5.24. The van der Waals surface area contributed by atoms with Crippen molar-refractivity contribution < 1.29 is 9.72 Å². The average Bonchev–Trinajstić information content (AvgIpc) is 2.92. The van der Waals surface area contributed by atoms with Gasteiger partial charge in [0, 0.05) is 17.9 Å². The molecule has 0 spiro atoms. The molecular weight excluding hydrogens is 290 g/mol. The van der Waals surface area contributed by atoms with Crippen LogP contribution in [0.15, 0.2) is 12.1 Å². The van der Waals surface area contributed by atoms with Gasteiger partial charge in [-0.1, -0.05) is 15.9 Å². The molecule has 1 fully saturated rings. The number of aromatic nitrogens is 1. The number of aromatic amines is 1. The summed E-state index contributed by atoms with van der Waals surface area (Å²) < 4.78 is 0. The molecule has 1 aliphatic carbocycles. The van der Waals surface area contributed by atoms with Crippen LogP contribution in [0, 0.1) is 15.5 Å². The number of hydrogen-bond acceptors (Lipinski definition) is 3. The molecule has 1 saturated carbocycles. The first kappa shape index (κ1) is 12.1. The molecule has 1 aromatic rings. The van der Waals surface area contributed by atoms with E-state index in [-0.39, 0.29) is 22.8 Å². The quantitative estimate of drug-likeness (QED) is 0.494. The van der Waals surface area contributed by atoms with Crippen LogP contribution in [0.3, 0.4) is 0 Å². The zero-order chi connectivity index (χ0) is 12.5. The van der Waals surface area contributed by atoms with Gasteiger partial charge in [-0.3, -0.25) is 4.79 Å². The lowest BCUT2D eigenvalue weighted by Crippen LogP contribution is -2.31. The van der Waals surface area contributed by atoms with E-state index in [9.17, 15) is 14.9 Å². The van der Waals surface area contributed by atoms with Gasteiger partial charge in [0.05, 0.1) is 0 Å². The Morgan fingerprint density at radius 2 is 2.29 bits per heavy atom. The Morgan fingerprint density at radius 3 is 2.76 bits per heavy atom. The summed E-state index contributed by atoms with van der Waals surface area (Å²) in [5.41, 5.74) is 0.413. The number of halogens is 1. The highest BCUT2D eigenvalue weighted by molar-refractivity contribution is 9.09. The van der Waals surface area contributed by atoms with Crippen LogP contribution in [0.1, 0.15) is 23.3 Å². The molecule has 0 atom stereocenters. The minimum Gasteiger partial charge on any atom is -0.358 e. The van der Waals surface area contributed by atoms with E-state index < -0.39 is 4.92 Å². The highest BCUT2D eigenvalue weighted by Gasteiger charge is 2.41. The molecule has 2 N–H and O–H groups in total. The van der Waals surface area contributed by atoms with Gasteiger partial charge in [0.2, 0.25) is 0 Å². The minimum absolute atomic E-state index is 0.170. The average molecular weight is 302 g/mol. The van der Waals surface area contributed by atoms with E-state index in [2.05, 4.69) is 26.2 Å². The fraction of sp³-hybridized carbons (Fsp3) is 0.500. The van der Waals surface area contributed by atoms with E-state index in [0.717, 1.165) is 18.2 Å². The van der Waals surface area contributed by atoms with Crippen LogP contribution in [0.4, 0.5) is 5.82 Å².